The van der Waals surface area contributed by atoms with Crippen molar-refractivity contribution in [2.24, 2.45) is 7.05 Å². The van der Waals surface area contributed by atoms with Gasteiger partial charge in [0.05, 0.1) is 21.6 Å². The van der Waals surface area contributed by atoms with Gasteiger partial charge < -0.3 is 15.2 Å². The van der Waals surface area contributed by atoms with Gasteiger partial charge in [-0.2, -0.15) is 0 Å². The number of nitrogens with one attached hydrogen (secondary N) is 2. The first-order valence-corrected chi connectivity index (χ1v) is 8.59. The number of halogens is 1. The number of rotatable bonds is 5. The fraction of sp³-hybridized carbons (Fsp3) is 0.211. The van der Waals surface area contributed by atoms with Crippen LogP contribution in [0.1, 0.15) is 23.1 Å². The summed E-state index contributed by atoms with van der Waals surface area (Å²) in [6.45, 7) is 2.02. The summed E-state index contributed by atoms with van der Waals surface area (Å²) >= 11 is 6.07. The minimum Gasteiger partial charge on any atom is -0.356 e. The van der Waals surface area contributed by atoms with E-state index in [0.717, 1.165) is 16.9 Å². The molecule has 3 aromatic rings. The number of aryl methyl sites for hydroxylation is 1. The summed E-state index contributed by atoms with van der Waals surface area (Å²) < 4.78 is 1.98. The van der Waals surface area contributed by atoms with Gasteiger partial charge in [0.15, 0.2) is 0 Å². The van der Waals surface area contributed by atoms with Gasteiger partial charge in [-0.1, -0.05) is 23.7 Å². The van der Waals surface area contributed by atoms with Gasteiger partial charge in [-0.05, 0) is 30.3 Å². The molecule has 7 heteroatoms. The zero-order chi connectivity index (χ0) is 18.7. The molecular formula is C19H19ClN4O2. The summed E-state index contributed by atoms with van der Waals surface area (Å²) in [6.07, 6.45) is 0.631. The summed E-state index contributed by atoms with van der Waals surface area (Å²) in [4.78, 5) is 28.0. The Labute approximate surface area is 156 Å². The van der Waals surface area contributed by atoms with Gasteiger partial charge in [0.25, 0.3) is 5.91 Å². The second-order valence-electron chi connectivity index (χ2n) is 5.96. The Hall–Kier alpha value is -2.86. The molecule has 0 aliphatic carbocycles. The van der Waals surface area contributed by atoms with Gasteiger partial charge in [-0.3, -0.25) is 9.59 Å². The number of fused-ring (bicyclic) bond motifs is 1. The Balaban J connectivity index is 1.79. The van der Waals surface area contributed by atoms with Crippen LogP contribution in [0.15, 0.2) is 42.5 Å². The summed E-state index contributed by atoms with van der Waals surface area (Å²) in [5, 5.41) is 6.02. The molecule has 2 amide bonds. The number of hydrogen-bond acceptors (Lipinski definition) is 3. The molecule has 26 heavy (non-hydrogen) atoms. The van der Waals surface area contributed by atoms with E-state index in [1.54, 1.807) is 24.3 Å². The van der Waals surface area contributed by atoms with Gasteiger partial charge in [-0.15, -0.1) is 0 Å². The van der Waals surface area contributed by atoms with Crippen LogP contribution in [0, 0.1) is 0 Å². The average Bonchev–Trinajstić information content (AvgIpc) is 2.90. The van der Waals surface area contributed by atoms with Crippen molar-refractivity contribution in [3.8, 4) is 0 Å². The van der Waals surface area contributed by atoms with Crippen LogP contribution in [0.2, 0.25) is 5.02 Å². The molecular weight excluding hydrogens is 352 g/mol. The molecule has 1 aromatic heterocycles. The highest BCUT2D eigenvalue weighted by Gasteiger charge is 2.12. The largest absolute Gasteiger partial charge is 0.356 e. The summed E-state index contributed by atoms with van der Waals surface area (Å²) in [7, 11) is 1.93. The number of benzene rings is 2. The van der Waals surface area contributed by atoms with Crippen molar-refractivity contribution in [3.63, 3.8) is 0 Å². The van der Waals surface area contributed by atoms with E-state index in [0.29, 0.717) is 29.2 Å². The molecule has 0 unspecified atom stereocenters. The lowest BCUT2D eigenvalue weighted by molar-refractivity contribution is -0.118. The minimum absolute atomic E-state index is 0.0617. The van der Waals surface area contributed by atoms with Crippen LogP contribution >= 0.6 is 11.6 Å². The standard InChI is InChI=1S/C19H19ClN4O2/c1-12(25)21-10-9-18-23-16-11-13(7-8-17(16)24(18)2)22-19(26)14-5-3-4-6-15(14)20/h3-8,11H,9-10H2,1-2H3,(H,21,25)(H,22,26). The predicted octanol–water partition coefficient (Wildman–Crippen LogP) is 3.16. The lowest BCUT2D eigenvalue weighted by Gasteiger charge is -2.07. The van der Waals surface area contributed by atoms with Crippen molar-refractivity contribution in [1.29, 1.82) is 0 Å². The van der Waals surface area contributed by atoms with Crippen LogP contribution in [0.3, 0.4) is 0 Å². The fourth-order valence-corrected chi connectivity index (χ4v) is 2.97. The third-order valence-corrected chi connectivity index (χ3v) is 4.40. The van der Waals surface area contributed by atoms with E-state index in [1.807, 2.05) is 29.8 Å². The maximum atomic E-state index is 12.4. The van der Waals surface area contributed by atoms with E-state index < -0.39 is 0 Å². The Morgan fingerprint density at radius 2 is 1.96 bits per heavy atom. The van der Waals surface area contributed by atoms with Gasteiger partial charge in [0, 0.05) is 32.6 Å². The Morgan fingerprint density at radius 3 is 2.69 bits per heavy atom. The molecule has 0 atom stereocenters. The molecule has 2 N–H and O–H groups in total. The first kappa shape index (κ1) is 17.9. The molecule has 1 heterocycles. The number of carbonyl (C=O) groups excluding carboxylic acids is 2. The van der Waals surface area contributed by atoms with E-state index in [2.05, 4.69) is 15.6 Å². The lowest BCUT2D eigenvalue weighted by atomic mass is 10.2. The van der Waals surface area contributed by atoms with E-state index >= 15 is 0 Å². The van der Waals surface area contributed by atoms with Gasteiger partial charge >= 0.3 is 0 Å². The Morgan fingerprint density at radius 1 is 1.19 bits per heavy atom. The molecule has 0 fully saturated rings. The van der Waals surface area contributed by atoms with Crippen LogP contribution in [0.5, 0.6) is 0 Å². The maximum absolute atomic E-state index is 12.4. The number of hydrogen-bond donors (Lipinski definition) is 2. The number of imidazole rings is 1. The van der Waals surface area contributed by atoms with Gasteiger partial charge in [0.1, 0.15) is 5.82 Å². The van der Waals surface area contributed by atoms with Crippen molar-refractivity contribution in [3.05, 3.63) is 58.9 Å². The third-order valence-electron chi connectivity index (χ3n) is 4.07. The topological polar surface area (TPSA) is 76.0 Å². The molecule has 0 aliphatic rings. The van der Waals surface area contributed by atoms with Crippen LogP contribution in [-0.4, -0.2) is 27.9 Å². The highest BCUT2D eigenvalue weighted by Crippen LogP contribution is 2.22. The van der Waals surface area contributed by atoms with E-state index in [1.165, 1.54) is 6.92 Å². The first-order chi connectivity index (χ1) is 12.5. The maximum Gasteiger partial charge on any atom is 0.257 e. The number of aromatic nitrogens is 2. The number of carbonyl (C=O) groups is 2. The first-order valence-electron chi connectivity index (χ1n) is 8.21. The molecule has 0 saturated carbocycles. The monoisotopic (exact) mass is 370 g/mol. The van der Waals surface area contributed by atoms with Crippen LogP contribution < -0.4 is 10.6 Å². The van der Waals surface area contributed by atoms with E-state index in [4.69, 9.17) is 11.6 Å². The molecule has 6 nitrogen and oxygen atoms in total. The molecule has 134 valence electrons. The van der Waals surface area contributed by atoms with Crippen molar-refractivity contribution < 1.29 is 9.59 Å². The summed E-state index contributed by atoms with van der Waals surface area (Å²) in [5.74, 6) is 0.536. The van der Waals surface area contributed by atoms with Crippen molar-refractivity contribution in [1.82, 2.24) is 14.9 Å². The van der Waals surface area contributed by atoms with Crippen LogP contribution in [0.25, 0.3) is 11.0 Å². The number of anilines is 1. The third kappa shape index (κ3) is 3.86. The van der Waals surface area contributed by atoms with Crippen molar-refractivity contribution in [2.75, 3.05) is 11.9 Å². The Kier molecular flexibility index (Phi) is 5.23. The average molecular weight is 371 g/mol. The van der Waals surface area contributed by atoms with Crippen molar-refractivity contribution >= 4 is 40.1 Å². The molecule has 3 rings (SSSR count). The number of nitrogens with zero attached hydrogens (tertiary/aromatic N) is 2. The van der Waals surface area contributed by atoms with Gasteiger partial charge in [-0.25, -0.2) is 4.98 Å². The molecule has 0 bridgehead atoms. The lowest BCUT2D eigenvalue weighted by Crippen LogP contribution is -2.23. The summed E-state index contributed by atoms with van der Waals surface area (Å²) in [6, 6.07) is 12.5. The Bertz CT molecular complexity index is 981. The van der Waals surface area contributed by atoms with Crippen LogP contribution in [0.4, 0.5) is 5.69 Å². The molecule has 0 saturated heterocycles. The van der Waals surface area contributed by atoms with Crippen LogP contribution in [-0.2, 0) is 18.3 Å². The normalized spacial score (nSPS) is 10.7. The SMILES string of the molecule is CC(=O)NCCc1nc2cc(NC(=O)c3ccccc3Cl)ccc2n1C. The molecule has 0 radical (unpaired) electrons. The van der Waals surface area contributed by atoms with E-state index in [-0.39, 0.29) is 11.8 Å². The van der Waals surface area contributed by atoms with Crippen molar-refractivity contribution in [2.45, 2.75) is 13.3 Å². The quantitative estimate of drug-likeness (QED) is 0.724. The zero-order valence-electron chi connectivity index (χ0n) is 14.5. The predicted molar refractivity (Wildman–Crippen MR) is 103 cm³/mol. The minimum atomic E-state index is -0.267. The zero-order valence-corrected chi connectivity index (χ0v) is 15.3. The highest BCUT2D eigenvalue weighted by atomic mass is 35.5. The smallest absolute Gasteiger partial charge is 0.257 e. The second kappa shape index (κ2) is 7.58. The fourth-order valence-electron chi connectivity index (χ4n) is 2.75. The molecule has 0 aliphatic heterocycles. The molecule has 2 aromatic carbocycles. The number of amides is 2. The second-order valence-corrected chi connectivity index (χ2v) is 6.36. The summed E-state index contributed by atoms with van der Waals surface area (Å²) in [5.41, 5.74) is 2.81. The highest BCUT2D eigenvalue weighted by molar-refractivity contribution is 6.34. The molecule has 0 spiro atoms. The van der Waals surface area contributed by atoms with Gasteiger partial charge in [0.2, 0.25) is 5.91 Å². The van der Waals surface area contributed by atoms with E-state index in [9.17, 15) is 9.59 Å².